The van der Waals surface area contributed by atoms with Crippen molar-refractivity contribution in [2.75, 3.05) is 21.3 Å². The summed E-state index contributed by atoms with van der Waals surface area (Å²) in [6, 6.07) is 7.16. The van der Waals surface area contributed by atoms with Gasteiger partial charge < -0.3 is 28.8 Å². The summed E-state index contributed by atoms with van der Waals surface area (Å²) in [6.45, 7) is 0. The van der Waals surface area contributed by atoms with E-state index in [2.05, 4.69) is 0 Å². The molecule has 3 aromatic rings. The lowest BCUT2D eigenvalue weighted by Crippen LogP contribution is -2.10. The third kappa shape index (κ3) is 2.69. The highest BCUT2D eigenvalue weighted by atomic mass is 16.5. The van der Waals surface area contributed by atoms with E-state index in [-0.39, 0.29) is 39.7 Å². The van der Waals surface area contributed by atoms with E-state index < -0.39 is 11.2 Å². The number of hydrogen-bond donors (Lipinski definition) is 1. The molecule has 2 aromatic carbocycles. The Bertz CT molecular complexity index is 1000. The molecule has 130 valence electrons. The molecule has 0 bridgehead atoms. The molecular formula is C18H15O7-. The summed E-state index contributed by atoms with van der Waals surface area (Å²) < 4.78 is 20.9. The summed E-state index contributed by atoms with van der Waals surface area (Å²) in [7, 11) is 4.14. The molecule has 0 saturated heterocycles. The molecule has 1 aromatic heterocycles. The maximum atomic E-state index is 12.7. The van der Waals surface area contributed by atoms with Crippen molar-refractivity contribution in [1.29, 1.82) is 0 Å². The van der Waals surface area contributed by atoms with E-state index in [9.17, 15) is 15.0 Å². The summed E-state index contributed by atoms with van der Waals surface area (Å²) in [5.41, 5.74) is -0.133. The molecule has 3 rings (SSSR count). The second-order valence-corrected chi connectivity index (χ2v) is 5.18. The van der Waals surface area contributed by atoms with E-state index in [4.69, 9.17) is 18.6 Å². The van der Waals surface area contributed by atoms with E-state index in [1.165, 1.54) is 45.6 Å². The minimum absolute atomic E-state index is 0.0699. The van der Waals surface area contributed by atoms with E-state index in [0.717, 1.165) is 0 Å². The van der Waals surface area contributed by atoms with Crippen molar-refractivity contribution in [2.45, 2.75) is 0 Å². The Hall–Kier alpha value is -3.35. The van der Waals surface area contributed by atoms with Crippen molar-refractivity contribution in [3.8, 4) is 40.1 Å². The predicted molar refractivity (Wildman–Crippen MR) is 88.7 cm³/mol. The number of aromatic hydroxyl groups is 1. The molecule has 0 unspecified atom stereocenters. The Morgan fingerprint density at radius 3 is 2.40 bits per heavy atom. The SMILES string of the molecule is COc1cc([O-])c2c(=O)c(OC)c(-c3ccc(OC)c(O)c3)oc2c1. The molecular weight excluding hydrogens is 328 g/mol. The van der Waals surface area contributed by atoms with Gasteiger partial charge in [0.25, 0.3) is 0 Å². The van der Waals surface area contributed by atoms with Gasteiger partial charge >= 0.3 is 0 Å². The molecule has 1 heterocycles. The molecule has 0 saturated carbocycles. The number of benzene rings is 2. The van der Waals surface area contributed by atoms with Gasteiger partial charge in [0, 0.05) is 11.6 Å². The van der Waals surface area contributed by atoms with Crippen LogP contribution in [0.2, 0.25) is 0 Å². The molecule has 0 aliphatic rings. The quantitative estimate of drug-likeness (QED) is 0.775. The molecule has 0 radical (unpaired) electrons. The van der Waals surface area contributed by atoms with Crippen LogP contribution in [-0.2, 0) is 0 Å². The fraction of sp³-hybridized carbons (Fsp3) is 0.167. The Labute approximate surface area is 142 Å². The van der Waals surface area contributed by atoms with Crippen LogP contribution in [0, 0.1) is 0 Å². The molecule has 0 fully saturated rings. The van der Waals surface area contributed by atoms with Gasteiger partial charge in [-0.25, -0.2) is 0 Å². The first-order valence-electron chi connectivity index (χ1n) is 7.27. The maximum absolute atomic E-state index is 12.7. The second kappa shape index (κ2) is 6.27. The average molecular weight is 343 g/mol. The zero-order valence-electron chi connectivity index (χ0n) is 13.8. The maximum Gasteiger partial charge on any atom is 0.234 e. The van der Waals surface area contributed by atoms with Crippen molar-refractivity contribution in [3.63, 3.8) is 0 Å². The van der Waals surface area contributed by atoms with Gasteiger partial charge in [-0.1, -0.05) is 5.75 Å². The van der Waals surface area contributed by atoms with Crippen molar-refractivity contribution < 1.29 is 28.8 Å². The first-order valence-corrected chi connectivity index (χ1v) is 7.27. The van der Waals surface area contributed by atoms with Gasteiger partial charge in [0.15, 0.2) is 17.3 Å². The van der Waals surface area contributed by atoms with Crippen LogP contribution < -0.4 is 24.7 Å². The van der Waals surface area contributed by atoms with E-state index in [1.54, 1.807) is 6.07 Å². The number of phenols is 1. The van der Waals surface area contributed by atoms with E-state index >= 15 is 0 Å². The standard InChI is InChI=1S/C18H16O7/c1-22-10-7-12(20)15-14(8-10)25-17(18(24-3)16(15)21)9-4-5-13(23-2)11(19)6-9/h4-8,19-20H,1-3H3/p-1. The van der Waals surface area contributed by atoms with Crippen molar-refractivity contribution in [3.05, 3.63) is 40.6 Å². The summed E-state index contributed by atoms with van der Waals surface area (Å²) in [5.74, 6) is -0.140. The van der Waals surface area contributed by atoms with Crippen molar-refractivity contribution in [1.82, 2.24) is 0 Å². The molecule has 0 atom stereocenters. The Morgan fingerprint density at radius 2 is 1.80 bits per heavy atom. The smallest absolute Gasteiger partial charge is 0.234 e. The van der Waals surface area contributed by atoms with Crippen LogP contribution in [0.1, 0.15) is 0 Å². The monoisotopic (exact) mass is 343 g/mol. The number of fused-ring (bicyclic) bond motifs is 1. The first kappa shape index (κ1) is 16.5. The Morgan fingerprint density at radius 1 is 1.04 bits per heavy atom. The highest BCUT2D eigenvalue weighted by Gasteiger charge is 2.19. The summed E-state index contributed by atoms with van der Waals surface area (Å²) in [6.07, 6.45) is 0. The van der Waals surface area contributed by atoms with Crippen LogP contribution in [0.5, 0.6) is 28.7 Å². The number of ether oxygens (including phenoxy) is 3. The summed E-state index contributed by atoms with van der Waals surface area (Å²) in [5, 5.41) is 22.0. The van der Waals surface area contributed by atoms with Gasteiger partial charge in [0.2, 0.25) is 11.2 Å². The van der Waals surface area contributed by atoms with Crippen LogP contribution in [0.3, 0.4) is 0 Å². The molecule has 1 N–H and O–H groups in total. The molecule has 0 aliphatic carbocycles. The number of hydrogen-bond acceptors (Lipinski definition) is 7. The van der Waals surface area contributed by atoms with Crippen molar-refractivity contribution in [2.24, 2.45) is 0 Å². The van der Waals surface area contributed by atoms with Gasteiger partial charge in [0.05, 0.1) is 26.7 Å². The zero-order chi connectivity index (χ0) is 18.1. The first-order chi connectivity index (χ1) is 12.0. The fourth-order valence-corrected chi connectivity index (χ4v) is 2.57. The van der Waals surface area contributed by atoms with Gasteiger partial charge in [-0.05, 0) is 24.3 Å². The minimum Gasteiger partial charge on any atom is -0.872 e. The van der Waals surface area contributed by atoms with Gasteiger partial charge in [-0.3, -0.25) is 4.79 Å². The lowest BCUT2D eigenvalue weighted by molar-refractivity contribution is -0.266. The molecule has 0 amide bonds. The Balaban J connectivity index is 2.34. The third-order valence-corrected chi connectivity index (χ3v) is 3.77. The van der Waals surface area contributed by atoms with E-state index in [0.29, 0.717) is 5.56 Å². The number of phenolic OH excluding ortho intramolecular Hbond substituents is 1. The van der Waals surface area contributed by atoms with Gasteiger partial charge in [0.1, 0.15) is 11.3 Å². The lowest BCUT2D eigenvalue weighted by atomic mass is 10.1. The molecule has 7 heteroatoms. The topological polar surface area (TPSA) is 101 Å². The van der Waals surface area contributed by atoms with Crippen LogP contribution in [-0.4, -0.2) is 26.4 Å². The van der Waals surface area contributed by atoms with Gasteiger partial charge in [-0.2, -0.15) is 0 Å². The van der Waals surface area contributed by atoms with Crippen LogP contribution in [0.15, 0.2) is 39.5 Å². The normalized spacial score (nSPS) is 10.7. The molecule has 7 nitrogen and oxygen atoms in total. The van der Waals surface area contributed by atoms with Crippen LogP contribution >= 0.6 is 0 Å². The van der Waals surface area contributed by atoms with Crippen LogP contribution in [0.4, 0.5) is 0 Å². The average Bonchev–Trinajstić information content (AvgIpc) is 2.60. The van der Waals surface area contributed by atoms with Crippen molar-refractivity contribution >= 4 is 11.0 Å². The highest BCUT2D eigenvalue weighted by molar-refractivity contribution is 5.88. The minimum atomic E-state index is -0.596. The van der Waals surface area contributed by atoms with Gasteiger partial charge in [-0.15, -0.1) is 0 Å². The second-order valence-electron chi connectivity index (χ2n) is 5.18. The zero-order valence-corrected chi connectivity index (χ0v) is 13.8. The highest BCUT2D eigenvalue weighted by Crippen LogP contribution is 2.37. The lowest BCUT2D eigenvalue weighted by Gasteiger charge is -2.15. The number of methoxy groups -OCH3 is 3. The third-order valence-electron chi connectivity index (χ3n) is 3.77. The molecule has 0 spiro atoms. The summed E-state index contributed by atoms with van der Waals surface area (Å²) in [4.78, 5) is 12.7. The fourth-order valence-electron chi connectivity index (χ4n) is 2.57. The Kier molecular flexibility index (Phi) is 4.14. The van der Waals surface area contributed by atoms with E-state index in [1.807, 2.05) is 0 Å². The predicted octanol–water partition coefficient (Wildman–Crippen LogP) is 2.26. The molecule has 0 aliphatic heterocycles. The van der Waals surface area contributed by atoms with Crippen LogP contribution in [0.25, 0.3) is 22.3 Å². The summed E-state index contributed by atoms with van der Waals surface area (Å²) >= 11 is 0. The molecule has 25 heavy (non-hydrogen) atoms. The number of rotatable bonds is 4. The largest absolute Gasteiger partial charge is 0.872 e.